The molecule has 0 aliphatic carbocycles. The van der Waals surface area contributed by atoms with Crippen molar-refractivity contribution in [3.8, 4) is 5.75 Å². The number of anilines is 1. The summed E-state index contributed by atoms with van der Waals surface area (Å²) >= 11 is 12.0. The van der Waals surface area contributed by atoms with E-state index in [2.05, 4.69) is 5.32 Å². The Morgan fingerprint density at radius 2 is 1.71 bits per heavy atom. The van der Waals surface area contributed by atoms with Crippen molar-refractivity contribution in [2.45, 2.75) is 13.3 Å². The minimum atomic E-state index is -0.271. The van der Waals surface area contributed by atoms with Crippen LogP contribution >= 0.6 is 23.2 Å². The minimum Gasteiger partial charge on any atom is -0.494 e. The molecule has 0 fully saturated rings. The third kappa shape index (κ3) is 4.13. The molecule has 0 aliphatic heterocycles. The number of rotatable bonds is 5. The van der Waals surface area contributed by atoms with Crippen LogP contribution in [0.3, 0.4) is 0 Å². The van der Waals surface area contributed by atoms with Gasteiger partial charge in [0.2, 0.25) is 0 Å². The first-order valence-corrected chi connectivity index (χ1v) is 7.35. The van der Waals surface area contributed by atoms with E-state index in [4.69, 9.17) is 27.9 Å². The van der Waals surface area contributed by atoms with Crippen LogP contribution in [0.25, 0.3) is 0 Å². The zero-order valence-electron chi connectivity index (χ0n) is 11.5. The van der Waals surface area contributed by atoms with Gasteiger partial charge < -0.3 is 10.1 Å². The van der Waals surface area contributed by atoms with Gasteiger partial charge in [-0.15, -0.1) is 0 Å². The van der Waals surface area contributed by atoms with E-state index in [0.29, 0.717) is 27.9 Å². The van der Waals surface area contributed by atoms with Gasteiger partial charge in [0.15, 0.2) is 0 Å². The lowest BCUT2D eigenvalue weighted by Crippen LogP contribution is -2.12. The Morgan fingerprint density at radius 3 is 2.29 bits per heavy atom. The van der Waals surface area contributed by atoms with Crippen LogP contribution in [-0.2, 0) is 0 Å². The SMILES string of the molecule is CCCOc1ccc(C(=O)Nc2c(Cl)cccc2Cl)cc1. The van der Waals surface area contributed by atoms with Gasteiger partial charge in [-0.05, 0) is 42.8 Å². The van der Waals surface area contributed by atoms with E-state index in [1.165, 1.54) is 0 Å². The monoisotopic (exact) mass is 323 g/mol. The number of amides is 1. The molecule has 2 rings (SSSR count). The second-order valence-corrected chi connectivity index (χ2v) is 5.24. The third-order valence-corrected chi connectivity index (χ3v) is 3.42. The predicted molar refractivity (Wildman–Crippen MR) is 86.6 cm³/mol. The van der Waals surface area contributed by atoms with Crippen molar-refractivity contribution >= 4 is 34.8 Å². The van der Waals surface area contributed by atoms with E-state index in [-0.39, 0.29) is 5.91 Å². The Balaban J connectivity index is 2.10. The van der Waals surface area contributed by atoms with Gasteiger partial charge in [0, 0.05) is 5.56 Å². The number of carbonyl (C=O) groups excluding carboxylic acids is 1. The molecule has 0 aliphatic rings. The Kier molecular flexibility index (Phi) is 5.48. The number of halogens is 2. The van der Waals surface area contributed by atoms with Crippen LogP contribution in [0, 0.1) is 0 Å². The molecule has 1 N–H and O–H groups in total. The molecule has 0 saturated carbocycles. The summed E-state index contributed by atoms with van der Waals surface area (Å²) < 4.78 is 5.47. The molecule has 2 aromatic rings. The largest absolute Gasteiger partial charge is 0.494 e. The molecule has 0 atom stereocenters. The fraction of sp³-hybridized carbons (Fsp3) is 0.188. The van der Waals surface area contributed by atoms with E-state index < -0.39 is 0 Å². The molecule has 0 unspecified atom stereocenters. The Hall–Kier alpha value is -1.71. The molecule has 0 heterocycles. The van der Waals surface area contributed by atoms with Crippen molar-refractivity contribution < 1.29 is 9.53 Å². The van der Waals surface area contributed by atoms with Crippen molar-refractivity contribution in [1.82, 2.24) is 0 Å². The average Bonchev–Trinajstić information content (AvgIpc) is 2.49. The molecular weight excluding hydrogens is 309 g/mol. The summed E-state index contributed by atoms with van der Waals surface area (Å²) in [5.74, 6) is 0.469. The van der Waals surface area contributed by atoms with E-state index in [9.17, 15) is 4.79 Å². The fourth-order valence-corrected chi connectivity index (χ4v) is 2.22. The van der Waals surface area contributed by atoms with Gasteiger partial charge in [-0.3, -0.25) is 4.79 Å². The summed E-state index contributed by atoms with van der Waals surface area (Å²) in [7, 11) is 0. The van der Waals surface area contributed by atoms with Crippen LogP contribution < -0.4 is 10.1 Å². The quantitative estimate of drug-likeness (QED) is 0.837. The van der Waals surface area contributed by atoms with Gasteiger partial charge in [-0.25, -0.2) is 0 Å². The summed E-state index contributed by atoms with van der Waals surface area (Å²) in [6.45, 7) is 2.69. The zero-order chi connectivity index (χ0) is 15.2. The number of hydrogen-bond acceptors (Lipinski definition) is 2. The van der Waals surface area contributed by atoms with Gasteiger partial charge in [-0.1, -0.05) is 36.2 Å². The standard InChI is InChI=1S/C16H15Cl2NO2/c1-2-10-21-12-8-6-11(7-9-12)16(20)19-15-13(17)4-3-5-14(15)18/h3-9H,2,10H2,1H3,(H,19,20). The molecule has 0 aromatic heterocycles. The maximum atomic E-state index is 12.2. The first-order valence-electron chi connectivity index (χ1n) is 6.60. The molecular formula is C16H15Cl2NO2. The zero-order valence-corrected chi connectivity index (χ0v) is 13.0. The highest BCUT2D eigenvalue weighted by atomic mass is 35.5. The molecule has 21 heavy (non-hydrogen) atoms. The van der Waals surface area contributed by atoms with Crippen LogP contribution in [0.1, 0.15) is 23.7 Å². The van der Waals surface area contributed by atoms with Crippen molar-refractivity contribution in [3.05, 3.63) is 58.1 Å². The summed E-state index contributed by atoms with van der Waals surface area (Å²) in [5.41, 5.74) is 0.923. The summed E-state index contributed by atoms with van der Waals surface area (Å²) in [5, 5.41) is 3.52. The summed E-state index contributed by atoms with van der Waals surface area (Å²) in [6.07, 6.45) is 0.938. The fourth-order valence-electron chi connectivity index (χ4n) is 1.73. The molecule has 2 aromatic carbocycles. The first kappa shape index (κ1) is 15.7. The van der Waals surface area contributed by atoms with Crippen LogP contribution in [0.15, 0.2) is 42.5 Å². The number of hydrogen-bond donors (Lipinski definition) is 1. The van der Waals surface area contributed by atoms with Gasteiger partial charge in [0.1, 0.15) is 5.75 Å². The topological polar surface area (TPSA) is 38.3 Å². The predicted octanol–water partition coefficient (Wildman–Crippen LogP) is 5.03. The van der Waals surface area contributed by atoms with Gasteiger partial charge >= 0.3 is 0 Å². The Labute approximate surface area is 133 Å². The molecule has 3 nitrogen and oxygen atoms in total. The second-order valence-electron chi connectivity index (χ2n) is 4.42. The van der Waals surface area contributed by atoms with Crippen molar-refractivity contribution in [1.29, 1.82) is 0 Å². The Bertz CT molecular complexity index is 606. The van der Waals surface area contributed by atoms with E-state index in [0.717, 1.165) is 12.2 Å². The molecule has 5 heteroatoms. The highest BCUT2D eigenvalue weighted by Crippen LogP contribution is 2.30. The Morgan fingerprint density at radius 1 is 1.10 bits per heavy atom. The van der Waals surface area contributed by atoms with E-state index in [1.807, 2.05) is 6.92 Å². The number of nitrogens with one attached hydrogen (secondary N) is 1. The lowest BCUT2D eigenvalue weighted by molar-refractivity contribution is 0.102. The molecule has 0 radical (unpaired) electrons. The van der Waals surface area contributed by atoms with E-state index in [1.54, 1.807) is 42.5 Å². The first-order chi connectivity index (χ1) is 10.1. The van der Waals surface area contributed by atoms with Crippen LogP contribution in [0.4, 0.5) is 5.69 Å². The molecule has 0 spiro atoms. The average molecular weight is 324 g/mol. The molecule has 110 valence electrons. The van der Waals surface area contributed by atoms with Crippen LogP contribution in [0.5, 0.6) is 5.75 Å². The normalized spacial score (nSPS) is 10.2. The van der Waals surface area contributed by atoms with E-state index >= 15 is 0 Å². The third-order valence-electron chi connectivity index (χ3n) is 2.79. The lowest BCUT2D eigenvalue weighted by atomic mass is 10.2. The van der Waals surface area contributed by atoms with Gasteiger partial charge in [-0.2, -0.15) is 0 Å². The molecule has 1 amide bonds. The van der Waals surface area contributed by atoms with Crippen LogP contribution in [0.2, 0.25) is 10.0 Å². The van der Waals surface area contributed by atoms with Crippen molar-refractivity contribution in [2.24, 2.45) is 0 Å². The molecule has 0 saturated heterocycles. The maximum absolute atomic E-state index is 12.2. The number of ether oxygens (including phenoxy) is 1. The number of para-hydroxylation sites is 1. The molecule has 0 bridgehead atoms. The van der Waals surface area contributed by atoms with Crippen LogP contribution in [-0.4, -0.2) is 12.5 Å². The summed E-state index contributed by atoms with van der Waals surface area (Å²) in [4.78, 5) is 12.2. The highest BCUT2D eigenvalue weighted by Gasteiger charge is 2.11. The van der Waals surface area contributed by atoms with Crippen molar-refractivity contribution in [3.63, 3.8) is 0 Å². The highest BCUT2D eigenvalue weighted by molar-refractivity contribution is 6.40. The van der Waals surface area contributed by atoms with Gasteiger partial charge in [0.05, 0.1) is 22.3 Å². The summed E-state index contributed by atoms with van der Waals surface area (Å²) in [6, 6.07) is 12.0. The van der Waals surface area contributed by atoms with Gasteiger partial charge in [0.25, 0.3) is 5.91 Å². The van der Waals surface area contributed by atoms with Crippen molar-refractivity contribution in [2.75, 3.05) is 11.9 Å². The second kappa shape index (κ2) is 7.34. The smallest absolute Gasteiger partial charge is 0.255 e. The minimum absolute atomic E-state index is 0.271. The number of benzene rings is 2. The maximum Gasteiger partial charge on any atom is 0.255 e. The lowest BCUT2D eigenvalue weighted by Gasteiger charge is -2.10. The number of carbonyl (C=O) groups is 1.